The number of β-amino-alcohol motifs (C(OH)–C–C–N with tert-alkyl or cyclic N) is 1. The van der Waals surface area contributed by atoms with Crippen LogP contribution in [0.15, 0.2) is 10.5 Å². The molecule has 1 saturated heterocycles. The highest BCUT2D eigenvalue weighted by Crippen LogP contribution is 2.43. The molecule has 2 aliphatic rings. The van der Waals surface area contributed by atoms with E-state index >= 15 is 0 Å². The zero-order chi connectivity index (χ0) is 22.8. The summed E-state index contributed by atoms with van der Waals surface area (Å²) < 4.78 is 17.4. The van der Waals surface area contributed by atoms with Crippen LogP contribution < -0.4 is 20.5 Å². The molecular formula is C21H30BrN3O6. The van der Waals surface area contributed by atoms with Gasteiger partial charge in [0.2, 0.25) is 0 Å². The number of amides is 2. The number of nitrogens with zero attached hydrogens (tertiary/aromatic N) is 1. The Balaban J connectivity index is 1.62. The molecule has 4 N–H and O–H groups in total. The molecule has 0 aliphatic carbocycles. The van der Waals surface area contributed by atoms with Gasteiger partial charge in [-0.25, -0.2) is 4.79 Å². The lowest BCUT2D eigenvalue weighted by atomic mass is 9.94. The van der Waals surface area contributed by atoms with Gasteiger partial charge in [-0.1, -0.05) is 0 Å². The van der Waals surface area contributed by atoms with Crippen LogP contribution in [0.25, 0.3) is 0 Å². The van der Waals surface area contributed by atoms with E-state index in [1.807, 2.05) is 0 Å². The number of nitrogens with one attached hydrogen (secondary N) is 1. The van der Waals surface area contributed by atoms with E-state index in [0.29, 0.717) is 59.8 Å². The van der Waals surface area contributed by atoms with Gasteiger partial charge in [0.15, 0.2) is 11.5 Å². The first-order valence-electron chi connectivity index (χ1n) is 10.4. The monoisotopic (exact) mass is 499 g/mol. The average Bonchev–Trinajstić information content (AvgIpc) is 2.94. The van der Waals surface area contributed by atoms with Gasteiger partial charge >= 0.3 is 6.09 Å². The lowest BCUT2D eigenvalue weighted by molar-refractivity contribution is -0.0122. The molecule has 2 heterocycles. The number of carbonyl (C=O) groups excluding carboxylic acids is 2. The highest BCUT2D eigenvalue weighted by molar-refractivity contribution is 9.10. The van der Waals surface area contributed by atoms with Gasteiger partial charge in [0.05, 0.1) is 41.6 Å². The highest BCUT2D eigenvalue weighted by Gasteiger charge is 2.33. The van der Waals surface area contributed by atoms with Crippen LogP contribution in [-0.2, 0) is 4.74 Å². The van der Waals surface area contributed by atoms with Crippen molar-refractivity contribution in [3.8, 4) is 11.5 Å². The van der Waals surface area contributed by atoms with Crippen molar-refractivity contribution in [3.05, 3.63) is 16.1 Å². The van der Waals surface area contributed by atoms with Crippen LogP contribution in [0.3, 0.4) is 0 Å². The number of nitrogen functional groups attached to an aromatic ring is 1. The van der Waals surface area contributed by atoms with E-state index in [9.17, 15) is 14.7 Å². The minimum atomic E-state index is -0.770. The van der Waals surface area contributed by atoms with Gasteiger partial charge in [-0.05, 0) is 49.2 Å². The van der Waals surface area contributed by atoms with Crippen LogP contribution in [0.4, 0.5) is 10.5 Å². The van der Waals surface area contributed by atoms with Gasteiger partial charge in [0.25, 0.3) is 5.91 Å². The SMILES string of the molecule is CC(C)(C)OC(=O)N1CC[C@@H](CNC(=O)c2cc(N)c(Br)c3c2OCCCO3)C(O)C1. The maximum absolute atomic E-state index is 12.9. The molecular weight excluding hydrogens is 470 g/mol. The molecule has 0 radical (unpaired) electrons. The first kappa shape index (κ1) is 23.5. The molecule has 2 aliphatic heterocycles. The quantitative estimate of drug-likeness (QED) is 0.545. The molecule has 3 rings (SSSR count). The van der Waals surface area contributed by atoms with Crippen LogP contribution in [0.1, 0.15) is 44.0 Å². The van der Waals surface area contributed by atoms with E-state index in [0.717, 1.165) is 0 Å². The van der Waals surface area contributed by atoms with Crippen molar-refractivity contribution in [2.24, 2.45) is 5.92 Å². The van der Waals surface area contributed by atoms with Crippen molar-refractivity contribution in [2.75, 3.05) is 38.6 Å². The van der Waals surface area contributed by atoms with Gasteiger partial charge in [-0.15, -0.1) is 0 Å². The smallest absolute Gasteiger partial charge is 0.410 e. The van der Waals surface area contributed by atoms with Gasteiger partial charge in [-0.2, -0.15) is 0 Å². The second-order valence-corrected chi connectivity index (χ2v) is 9.58. The number of nitrogens with two attached hydrogens (primary N) is 1. The fraction of sp³-hybridized carbons (Fsp3) is 0.619. The summed E-state index contributed by atoms with van der Waals surface area (Å²) in [7, 11) is 0. The molecule has 1 aromatic carbocycles. The van der Waals surface area contributed by atoms with E-state index in [2.05, 4.69) is 21.2 Å². The molecule has 172 valence electrons. The van der Waals surface area contributed by atoms with Crippen molar-refractivity contribution in [2.45, 2.75) is 45.3 Å². The molecule has 1 fully saturated rings. The second-order valence-electron chi connectivity index (χ2n) is 8.79. The molecule has 31 heavy (non-hydrogen) atoms. The van der Waals surface area contributed by atoms with E-state index in [-0.39, 0.29) is 24.9 Å². The number of fused-ring (bicyclic) bond motifs is 1. The van der Waals surface area contributed by atoms with Crippen molar-refractivity contribution >= 4 is 33.6 Å². The normalized spacial score (nSPS) is 21.3. The summed E-state index contributed by atoms with van der Waals surface area (Å²) >= 11 is 3.39. The summed E-state index contributed by atoms with van der Waals surface area (Å²) in [4.78, 5) is 26.6. The number of aliphatic hydroxyl groups excluding tert-OH is 1. The summed E-state index contributed by atoms with van der Waals surface area (Å²) in [5, 5.41) is 13.4. The third-order valence-corrected chi connectivity index (χ3v) is 5.95. The Labute approximate surface area is 190 Å². The Bertz CT molecular complexity index is 841. The molecule has 0 saturated carbocycles. The minimum Gasteiger partial charge on any atom is -0.489 e. The number of aliphatic hydroxyl groups is 1. The van der Waals surface area contributed by atoms with Crippen LogP contribution in [0, 0.1) is 5.92 Å². The fourth-order valence-corrected chi connectivity index (χ4v) is 3.92. The number of hydrogen-bond donors (Lipinski definition) is 3. The predicted molar refractivity (Wildman–Crippen MR) is 118 cm³/mol. The number of rotatable bonds is 3. The van der Waals surface area contributed by atoms with Crippen molar-refractivity contribution < 1.29 is 28.9 Å². The Morgan fingerprint density at radius 3 is 2.65 bits per heavy atom. The summed E-state index contributed by atoms with van der Waals surface area (Å²) in [6, 6.07) is 1.55. The first-order valence-corrected chi connectivity index (χ1v) is 11.2. The standard InChI is InChI=1S/C21H30BrN3O6/c1-21(2,3)31-20(28)25-6-5-12(15(26)11-25)10-24-19(27)13-9-14(23)16(22)18-17(13)29-7-4-8-30-18/h9,12,15,26H,4-8,10-11,23H2,1-3H3,(H,24,27)/t12-,15?/m0/s1. The third kappa shape index (κ3) is 5.74. The van der Waals surface area contributed by atoms with Gasteiger partial charge in [-0.3, -0.25) is 4.79 Å². The Morgan fingerprint density at radius 1 is 1.32 bits per heavy atom. The number of carbonyl (C=O) groups is 2. The van der Waals surface area contributed by atoms with Gasteiger partial charge in [0, 0.05) is 25.4 Å². The molecule has 1 unspecified atom stereocenters. The van der Waals surface area contributed by atoms with Crippen LogP contribution in [-0.4, -0.2) is 66.6 Å². The molecule has 1 aromatic rings. The Kier molecular flexibility index (Phi) is 7.20. The fourth-order valence-electron chi connectivity index (χ4n) is 3.52. The van der Waals surface area contributed by atoms with Crippen molar-refractivity contribution in [3.63, 3.8) is 0 Å². The van der Waals surface area contributed by atoms with Gasteiger partial charge in [0.1, 0.15) is 5.60 Å². The zero-order valence-corrected chi connectivity index (χ0v) is 19.7. The molecule has 0 aromatic heterocycles. The Hall–Kier alpha value is -2.20. The van der Waals surface area contributed by atoms with Crippen LogP contribution in [0.5, 0.6) is 11.5 Å². The number of benzene rings is 1. The highest BCUT2D eigenvalue weighted by atomic mass is 79.9. The van der Waals surface area contributed by atoms with Crippen molar-refractivity contribution in [1.29, 1.82) is 0 Å². The number of halogens is 1. The summed E-state index contributed by atoms with van der Waals surface area (Å²) in [6.07, 6.45) is 0.0261. The Morgan fingerprint density at radius 2 is 2.00 bits per heavy atom. The summed E-state index contributed by atoms with van der Waals surface area (Å²) in [6.45, 7) is 7.17. The topological polar surface area (TPSA) is 123 Å². The van der Waals surface area contributed by atoms with Gasteiger partial charge < -0.3 is 35.3 Å². The minimum absolute atomic E-state index is 0.160. The van der Waals surface area contributed by atoms with Crippen LogP contribution in [0.2, 0.25) is 0 Å². The van der Waals surface area contributed by atoms with E-state index in [1.165, 1.54) is 4.90 Å². The largest absolute Gasteiger partial charge is 0.489 e. The maximum atomic E-state index is 12.9. The lowest BCUT2D eigenvalue weighted by Crippen LogP contribution is -2.50. The van der Waals surface area contributed by atoms with E-state index < -0.39 is 17.8 Å². The third-order valence-electron chi connectivity index (χ3n) is 5.13. The maximum Gasteiger partial charge on any atom is 0.410 e. The predicted octanol–water partition coefficient (Wildman–Crippen LogP) is 2.54. The van der Waals surface area contributed by atoms with Crippen LogP contribution >= 0.6 is 15.9 Å². The number of ether oxygens (including phenoxy) is 3. The zero-order valence-electron chi connectivity index (χ0n) is 18.1. The molecule has 10 heteroatoms. The first-order chi connectivity index (χ1) is 14.6. The number of anilines is 1. The number of hydrogen-bond acceptors (Lipinski definition) is 7. The molecule has 2 atom stereocenters. The molecule has 0 bridgehead atoms. The molecule has 0 spiro atoms. The molecule has 2 amide bonds. The summed E-state index contributed by atoms with van der Waals surface area (Å²) in [5.74, 6) is 0.235. The summed E-state index contributed by atoms with van der Waals surface area (Å²) in [5.41, 5.74) is 6.10. The van der Waals surface area contributed by atoms with Crippen molar-refractivity contribution in [1.82, 2.24) is 10.2 Å². The molecule has 9 nitrogen and oxygen atoms in total. The van der Waals surface area contributed by atoms with E-state index in [1.54, 1.807) is 26.8 Å². The number of piperidine rings is 1. The second kappa shape index (κ2) is 9.52. The number of likely N-dealkylation sites (tertiary alicyclic amines) is 1. The van der Waals surface area contributed by atoms with E-state index in [4.69, 9.17) is 19.9 Å². The average molecular weight is 500 g/mol. The lowest BCUT2D eigenvalue weighted by Gasteiger charge is -2.36.